The van der Waals surface area contributed by atoms with E-state index in [1.807, 2.05) is 48.7 Å². The van der Waals surface area contributed by atoms with E-state index in [4.69, 9.17) is 14.5 Å². The molecule has 0 fully saturated rings. The average Bonchev–Trinajstić information content (AvgIpc) is 3.30. The summed E-state index contributed by atoms with van der Waals surface area (Å²) in [5, 5.41) is 2.90. The van der Waals surface area contributed by atoms with Gasteiger partial charge in [-0.05, 0) is 49.2 Å². The fourth-order valence-electron chi connectivity index (χ4n) is 3.78. The molecule has 1 aliphatic heterocycles. The molecular formula is C21H22N2O4S2. The van der Waals surface area contributed by atoms with E-state index in [9.17, 15) is 8.42 Å². The van der Waals surface area contributed by atoms with Crippen molar-refractivity contribution >= 4 is 27.0 Å². The third-order valence-corrected chi connectivity index (χ3v) is 7.18. The predicted octanol–water partition coefficient (Wildman–Crippen LogP) is 4.20. The molecule has 6 nitrogen and oxygen atoms in total. The summed E-state index contributed by atoms with van der Waals surface area (Å²) in [7, 11) is -0.0682. The van der Waals surface area contributed by atoms with Crippen molar-refractivity contribution in [1.29, 1.82) is 0 Å². The molecule has 0 saturated heterocycles. The molecule has 0 bridgehead atoms. The molecule has 1 aromatic heterocycles. The smallest absolute Gasteiger partial charge is 0.232 e. The molecule has 0 aliphatic carbocycles. The first-order valence-electron chi connectivity index (χ1n) is 9.12. The van der Waals surface area contributed by atoms with E-state index in [1.165, 1.54) is 10.6 Å². The van der Waals surface area contributed by atoms with Gasteiger partial charge in [0.1, 0.15) is 5.01 Å². The predicted molar refractivity (Wildman–Crippen MR) is 117 cm³/mol. The molecule has 152 valence electrons. The Labute approximate surface area is 174 Å². The molecule has 2 heterocycles. The summed E-state index contributed by atoms with van der Waals surface area (Å²) in [6.07, 6.45) is 1.95. The van der Waals surface area contributed by atoms with E-state index >= 15 is 0 Å². The van der Waals surface area contributed by atoms with Crippen LogP contribution < -0.4 is 13.8 Å². The van der Waals surface area contributed by atoms with Gasteiger partial charge in [0, 0.05) is 22.5 Å². The van der Waals surface area contributed by atoms with E-state index in [-0.39, 0.29) is 6.04 Å². The molecule has 1 atom stereocenters. The number of benzene rings is 2. The summed E-state index contributed by atoms with van der Waals surface area (Å²) in [6, 6.07) is 11.5. The number of sulfonamides is 1. The van der Waals surface area contributed by atoms with Crippen molar-refractivity contribution in [2.45, 2.75) is 19.4 Å². The number of thiazole rings is 1. The Balaban J connectivity index is 1.67. The second kappa shape index (κ2) is 7.35. The van der Waals surface area contributed by atoms with E-state index in [0.717, 1.165) is 33.1 Å². The van der Waals surface area contributed by atoms with E-state index < -0.39 is 10.0 Å². The second-order valence-electron chi connectivity index (χ2n) is 7.06. The normalized spacial score (nSPS) is 16.0. The minimum Gasteiger partial charge on any atom is -0.493 e. The Kier molecular flexibility index (Phi) is 5.00. The molecule has 0 amide bonds. The Morgan fingerprint density at radius 3 is 2.48 bits per heavy atom. The molecule has 3 aromatic rings. The maximum absolute atomic E-state index is 12.1. The van der Waals surface area contributed by atoms with E-state index in [2.05, 4.69) is 0 Å². The number of rotatable bonds is 5. The van der Waals surface area contributed by atoms with Crippen LogP contribution in [0.3, 0.4) is 0 Å². The van der Waals surface area contributed by atoms with Gasteiger partial charge in [-0.3, -0.25) is 4.31 Å². The van der Waals surface area contributed by atoms with Crippen LogP contribution in [0.2, 0.25) is 0 Å². The van der Waals surface area contributed by atoms with Gasteiger partial charge in [-0.25, -0.2) is 13.4 Å². The van der Waals surface area contributed by atoms with Gasteiger partial charge >= 0.3 is 0 Å². The fourth-order valence-corrected chi connectivity index (χ4v) is 5.87. The molecule has 8 heteroatoms. The first-order chi connectivity index (χ1) is 13.8. The molecular weight excluding hydrogens is 408 g/mol. The van der Waals surface area contributed by atoms with Crippen molar-refractivity contribution in [1.82, 2.24) is 4.98 Å². The van der Waals surface area contributed by atoms with Crippen molar-refractivity contribution < 1.29 is 17.9 Å². The van der Waals surface area contributed by atoms with Gasteiger partial charge in [0.15, 0.2) is 11.5 Å². The maximum Gasteiger partial charge on any atom is 0.232 e. The second-order valence-corrected chi connectivity index (χ2v) is 9.78. The number of nitrogens with zero attached hydrogens (tertiary/aromatic N) is 2. The number of methoxy groups -OCH3 is 2. The number of hydrogen-bond donors (Lipinski definition) is 0. The lowest BCUT2D eigenvalue weighted by atomic mass is 10.1. The summed E-state index contributed by atoms with van der Waals surface area (Å²) < 4.78 is 36.4. The maximum atomic E-state index is 12.1. The van der Waals surface area contributed by atoms with Gasteiger partial charge in [0.05, 0.1) is 31.9 Å². The van der Waals surface area contributed by atoms with Gasteiger partial charge in [0.25, 0.3) is 0 Å². The highest BCUT2D eigenvalue weighted by Gasteiger charge is 2.32. The van der Waals surface area contributed by atoms with Gasteiger partial charge in [-0.15, -0.1) is 11.3 Å². The van der Waals surface area contributed by atoms with Crippen molar-refractivity contribution in [3.05, 3.63) is 47.3 Å². The van der Waals surface area contributed by atoms with Crippen LogP contribution in [-0.2, 0) is 16.4 Å². The summed E-state index contributed by atoms with van der Waals surface area (Å²) in [4.78, 5) is 4.78. The Morgan fingerprint density at radius 1 is 1.07 bits per heavy atom. The van der Waals surface area contributed by atoms with Crippen LogP contribution in [-0.4, -0.2) is 39.9 Å². The van der Waals surface area contributed by atoms with Gasteiger partial charge < -0.3 is 9.47 Å². The molecule has 4 rings (SSSR count). The lowest BCUT2D eigenvalue weighted by molar-refractivity contribution is 0.355. The van der Waals surface area contributed by atoms with E-state index in [0.29, 0.717) is 17.9 Å². The van der Waals surface area contributed by atoms with Crippen LogP contribution in [0.25, 0.3) is 21.8 Å². The summed E-state index contributed by atoms with van der Waals surface area (Å²) in [5.41, 5.74) is 4.60. The number of hydrogen-bond acceptors (Lipinski definition) is 6. The van der Waals surface area contributed by atoms with Crippen molar-refractivity contribution in [3.8, 4) is 33.3 Å². The molecule has 0 radical (unpaired) electrons. The quantitative estimate of drug-likeness (QED) is 0.607. The summed E-state index contributed by atoms with van der Waals surface area (Å²) >= 11 is 1.55. The molecule has 0 spiro atoms. The largest absolute Gasteiger partial charge is 0.493 e. The Bertz CT molecular complexity index is 1170. The van der Waals surface area contributed by atoms with Crippen molar-refractivity contribution in [3.63, 3.8) is 0 Å². The van der Waals surface area contributed by atoms with Crippen LogP contribution in [0.15, 0.2) is 41.8 Å². The zero-order valence-electron chi connectivity index (χ0n) is 16.7. The minimum absolute atomic E-state index is 0.0759. The monoisotopic (exact) mass is 430 g/mol. The summed E-state index contributed by atoms with van der Waals surface area (Å²) in [5.74, 6) is 1.34. The first-order valence-corrected chi connectivity index (χ1v) is 11.8. The molecule has 29 heavy (non-hydrogen) atoms. The fraction of sp³-hybridized carbons (Fsp3) is 0.286. The van der Waals surface area contributed by atoms with Crippen LogP contribution in [0, 0.1) is 0 Å². The van der Waals surface area contributed by atoms with Crippen molar-refractivity contribution in [2.75, 3.05) is 24.8 Å². The van der Waals surface area contributed by atoms with Gasteiger partial charge in [-0.1, -0.05) is 6.07 Å². The lowest BCUT2D eigenvalue weighted by Gasteiger charge is -2.21. The van der Waals surface area contributed by atoms with Crippen molar-refractivity contribution in [2.24, 2.45) is 0 Å². The summed E-state index contributed by atoms with van der Waals surface area (Å²) in [6.45, 7) is 1.93. The zero-order valence-corrected chi connectivity index (χ0v) is 18.3. The highest BCUT2D eigenvalue weighted by atomic mass is 32.2. The first kappa shape index (κ1) is 19.7. The van der Waals surface area contributed by atoms with Crippen LogP contribution >= 0.6 is 11.3 Å². The Hall–Kier alpha value is -2.58. The number of anilines is 1. The van der Waals surface area contributed by atoms with E-state index in [1.54, 1.807) is 25.6 Å². The SMILES string of the molecule is COc1ccc(-c2nc(-c3ccc4c(c3)C[C@@H](C)N4S(C)(=O)=O)cs2)cc1OC. The molecule has 1 aliphatic rings. The third-order valence-electron chi connectivity index (χ3n) is 5.02. The Morgan fingerprint density at radius 2 is 1.79 bits per heavy atom. The molecule has 0 N–H and O–H groups in total. The number of fused-ring (bicyclic) bond motifs is 1. The third kappa shape index (κ3) is 3.58. The lowest BCUT2D eigenvalue weighted by Crippen LogP contribution is -2.34. The number of aromatic nitrogens is 1. The standard InChI is InChI=1S/C21H22N2O4S2/c1-13-9-16-10-14(5-7-18(16)23(13)29(4,24)25)17-12-28-21(22-17)15-6-8-19(26-2)20(11-15)27-3/h5-8,10-13H,9H2,1-4H3/t13-/m1/s1. The number of ether oxygens (including phenoxy) is 2. The van der Waals surface area contributed by atoms with Gasteiger partial charge in [0.2, 0.25) is 10.0 Å². The zero-order chi connectivity index (χ0) is 20.8. The molecule has 0 unspecified atom stereocenters. The van der Waals surface area contributed by atoms with Crippen LogP contribution in [0.4, 0.5) is 5.69 Å². The minimum atomic E-state index is -3.29. The van der Waals surface area contributed by atoms with Gasteiger partial charge in [-0.2, -0.15) is 0 Å². The average molecular weight is 431 g/mol. The highest BCUT2D eigenvalue weighted by molar-refractivity contribution is 7.92. The van der Waals surface area contributed by atoms with Crippen LogP contribution in [0.5, 0.6) is 11.5 Å². The molecule has 0 saturated carbocycles. The highest BCUT2D eigenvalue weighted by Crippen LogP contribution is 2.39. The molecule has 2 aromatic carbocycles. The van der Waals surface area contributed by atoms with Crippen LogP contribution in [0.1, 0.15) is 12.5 Å². The topological polar surface area (TPSA) is 68.7 Å².